The van der Waals surface area contributed by atoms with Crippen molar-refractivity contribution in [3.8, 4) is 5.75 Å². The molecule has 2 heteroatoms. The van der Waals surface area contributed by atoms with Crippen LogP contribution < -0.4 is 20.7 Å². The third-order valence-electron chi connectivity index (χ3n) is 6.73. The zero-order valence-electron chi connectivity index (χ0n) is 21.0. The molecular formula is C33H38OP+. The van der Waals surface area contributed by atoms with Gasteiger partial charge in [0.15, 0.2) is 0 Å². The number of para-hydroxylation sites is 1. The van der Waals surface area contributed by atoms with Crippen molar-refractivity contribution in [1.82, 2.24) is 0 Å². The second kappa shape index (κ2) is 13.3. The topological polar surface area (TPSA) is 9.23 Å². The monoisotopic (exact) mass is 481 g/mol. The van der Waals surface area contributed by atoms with E-state index in [0.717, 1.165) is 24.9 Å². The lowest BCUT2D eigenvalue weighted by Crippen LogP contribution is -2.32. The van der Waals surface area contributed by atoms with E-state index in [1.54, 1.807) is 0 Å². The van der Waals surface area contributed by atoms with E-state index in [1.807, 2.05) is 0 Å². The number of hydrogen-bond acceptors (Lipinski definition) is 1. The van der Waals surface area contributed by atoms with Crippen molar-refractivity contribution in [2.24, 2.45) is 0 Å². The normalized spacial score (nSPS) is 11.3. The molecule has 4 rings (SSSR count). The number of unbranched alkanes of at least 4 members (excludes halogenated alkanes) is 5. The van der Waals surface area contributed by atoms with Gasteiger partial charge in [0, 0.05) is 5.56 Å². The van der Waals surface area contributed by atoms with Gasteiger partial charge in [-0.2, -0.15) is 0 Å². The van der Waals surface area contributed by atoms with E-state index in [0.29, 0.717) is 0 Å². The predicted molar refractivity (Wildman–Crippen MR) is 154 cm³/mol. The zero-order chi connectivity index (χ0) is 24.2. The SMILES string of the molecule is CCCCCCCCOc1ccccc1C[P+](c1ccccc1)(c1ccccc1)c1ccccc1. The molecule has 0 aromatic heterocycles. The lowest BCUT2D eigenvalue weighted by molar-refractivity contribution is 0.302. The summed E-state index contributed by atoms with van der Waals surface area (Å²) in [5, 5.41) is 4.22. The first-order valence-electron chi connectivity index (χ1n) is 13.1. The van der Waals surface area contributed by atoms with Crippen molar-refractivity contribution >= 4 is 23.2 Å². The highest BCUT2D eigenvalue weighted by molar-refractivity contribution is 7.95. The van der Waals surface area contributed by atoms with Crippen LogP contribution in [0, 0.1) is 0 Å². The van der Waals surface area contributed by atoms with E-state index in [9.17, 15) is 0 Å². The van der Waals surface area contributed by atoms with Crippen LogP contribution in [-0.2, 0) is 6.16 Å². The van der Waals surface area contributed by atoms with Gasteiger partial charge in [-0.05, 0) is 48.9 Å². The lowest BCUT2D eigenvalue weighted by atomic mass is 10.1. The van der Waals surface area contributed by atoms with Gasteiger partial charge in [0.05, 0.1) is 6.61 Å². The Morgan fingerprint density at radius 2 is 0.971 bits per heavy atom. The number of ether oxygens (including phenoxy) is 1. The fraction of sp³-hybridized carbons (Fsp3) is 0.273. The molecule has 0 aliphatic carbocycles. The summed E-state index contributed by atoms with van der Waals surface area (Å²) in [6, 6.07) is 42.0. The van der Waals surface area contributed by atoms with Crippen LogP contribution in [-0.4, -0.2) is 6.61 Å². The Hall–Kier alpha value is -2.89. The van der Waals surface area contributed by atoms with Crippen LogP contribution in [0.3, 0.4) is 0 Å². The first-order valence-corrected chi connectivity index (χ1v) is 15.1. The Morgan fingerprint density at radius 1 is 0.514 bits per heavy atom. The van der Waals surface area contributed by atoms with Gasteiger partial charge in [-0.1, -0.05) is 112 Å². The van der Waals surface area contributed by atoms with Crippen molar-refractivity contribution in [3.05, 3.63) is 121 Å². The number of benzene rings is 4. The van der Waals surface area contributed by atoms with Crippen molar-refractivity contribution in [3.63, 3.8) is 0 Å². The summed E-state index contributed by atoms with van der Waals surface area (Å²) >= 11 is 0. The average Bonchev–Trinajstić information content (AvgIpc) is 2.93. The predicted octanol–water partition coefficient (Wildman–Crippen LogP) is 7.92. The summed E-state index contributed by atoms with van der Waals surface area (Å²) < 4.78 is 6.41. The maximum atomic E-state index is 6.41. The minimum absolute atomic E-state index is 0.788. The van der Waals surface area contributed by atoms with E-state index in [2.05, 4.69) is 122 Å². The summed E-state index contributed by atoms with van der Waals surface area (Å²) in [5.74, 6) is 1.04. The Balaban J connectivity index is 1.68. The fourth-order valence-corrected chi connectivity index (χ4v) is 9.12. The minimum Gasteiger partial charge on any atom is -0.493 e. The molecule has 0 N–H and O–H groups in total. The number of hydrogen-bond donors (Lipinski definition) is 0. The van der Waals surface area contributed by atoms with E-state index >= 15 is 0 Å². The molecule has 0 unspecified atom stereocenters. The van der Waals surface area contributed by atoms with Gasteiger partial charge in [0.25, 0.3) is 0 Å². The average molecular weight is 482 g/mol. The Morgan fingerprint density at radius 3 is 1.51 bits per heavy atom. The van der Waals surface area contributed by atoms with Crippen molar-refractivity contribution in [2.45, 2.75) is 51.6 Å². The maximum absolute atomic E-state index is 6.41. The van der Waals surface area contributed by atoms with Gasteiger partial charge in [-0.3, -0.25) is 0 Å². The molecule has 35 heavy (non-hydrogen) atoms. The molecule has 4 aromatic rings. The highest BCUT2D eigenvalue weighted by Gasteiger charge is 2.45. The molecule has 0 saturated carbocycles. The van der Waals surface area contributed by atoms with Gasteiger partial charge < -0.3 is 4.74 Å². The van der Waals surface area contributed by atoms with Crippen LogP contribution in [0.1, 0.15) is 51.0 Å². The highest BCUT2D eigenvalue weighted by atomic mass is 31.2. The first-order chi connectivity index (χ1) is 17.3. The van der Waals surface area contributed by atoms with Crippen molar-refractivity contribution in [1.29, 1.82) is 0 Å². The molecule has 0 amide bonds. The van der Waals surface area contributed by atoms with Gasteiger partial charge >= 0.3 is 0 Å². The van der Waals surface area contributed by atoms with Gasteiger partial charge in [0.1, 0.15) is 35.1 Å². The molecular weight excluding hydrogens is 443 g/mol. The Kier molecular flexibility index (Phi) is 9.56. The summed E-state index contributed by atoms with van der Waals surface area (Å²) in [5.41, 5.74) is 1.29. The van der Waals surface area contributed by atoms with Crippen LogP contribution in [0.2, 0.25) is 0 Å². The second-order valence-electron chi connectivity index (χ2n) is 9.20. The standard InChI is InChI=1S/C33H38OP/c1-2-3-4-5-6-18-27-34-33-26-17-16-19-29(33)28-35(30-20-10-7-11-21-30,31-22-12-8-13-23-31)32-24-14-9-15-25-32/h7-17,19-26H,2-6,18,27-28H2,1H3/q+1. The van der Waals surface area contributed by atoms with Crippen molar-refractivity contribution < 1.29 is 4.74 Å². The molecule has 0 saturated heterocycles. The van der Waals surface area contributed by atoms with E-state index in [-0.39, 0.29) is 0 Å². The van der Waals surface area contributed by atoms with Crippen LogP contribution in [0.15, 0.2) is 115 Å². The third-order valence-corrected chi connectivity index (χ3v) is 11.1. The van der Waals surface area contributed by atoms with Crippen LogP contribution in [0.4, 0.5) is 0 Å². The summed E-state index contributed by atoms with van der Waals surface area (Å²) in [6.07, 6.45) is 8.59. The highest BCUT2D eigenvalue weighted by Crippen LogP contribution is 2.58. The summed E-state index contributed by atoms with van der Waals surface area (Å²) in [4.78, 5) is 0. The molecule has 0 bridgehead atoms. The third kappa shape index (κ3) is 6.41. The molecule has 0 heterocycles. The first kappa shape index (κ1) is 25.2. The molecule has 1 nitrogen and oxygen atoms in total. The Labute approximate surface area is 212 Å². The van der Waals surface area contributed by atoms with Crippen LogP contribution in [0.25, 0.3) is 0 Å². The van der Waals surface area contributed by atoms with Crippen molar-refractivity contribution in [2.75, 3.05) is 6.61 Å². The van der Waals surface area contributed by atoms with Gasteiger partial charge in [0.2, 0.25) is 0 Å². The van der Waals surface area contributed by atoms with Gasteiger partial charge in [-0.25, -0.2) is 0 Å². The molecule has 0 aliphatic rings. The smallest absolute Gasteiger partial charge is 0.126 e. The summed E-state index contributed by atoms with van der Waals surface area (Å²) in [6.45, 7) is 3.06. The molecule has 0 atom stereocenters. The number of rotatable bonds is 13. The van der Waals surface area contributed by atoms with E-state index in [4.69, 9.17) is 4.74 Å². The quantitative estimate of drug-likeness (QED) is 0.139. The van der Waals surface area contributed by atoms with E-state index in [1.165, 1.54) is 53.6 Å². The lowest BCUT2D eigenvalue weighted by Gasteiger charge is -2.28. The molecule has 180 valence electrons. The van der Waals surface area contributed by atoms with Crippen LogP contribution >= 0.6 is 7.26 Å². The summed E-state index contributed by atoms with van der Waals surface area (Å²) in [7, 11) is -1.94. The minimum atomic E-state index is -1.94. The molecule has 4 aromatic carbocycles. The molecule has 0 fully saturated rings. The second-order valence-corrected chi connectivity index (χ2v) is 12.7. The van der Waals surface area contributed by atoms with Gasteiger partial charge in [-0.15, -0.1) is 0 Å². The Bertz CT molecular complexity index is 1030. The molecule has 0 spiro atoms. The zero-order valence-corrected chi connectivity index (χ0v) is 21.9. The fourth-order valence-electron chi connectivity index (χ4n) is 4.86. The van der Waals surface area contributed by atoms with Crippen LogP contribution in [0.5, 0.6) is 5.75 Å². The largest absolute Gasteiger partial charge is 0.493 e. The maximum Gasteiger partial charge on any atom is 0.126 e. The molecule has 0 aliphatic heterocycles. The van der Waals surface area contributed by atoms with E-state index < -0.39 is 7.26 Å². The molecule has 0 radical (unpaired) electrons.